The van der Waals surface area contributed by atoms with Crippen molar-refractivity contribution >= 4 is 50.5 Å². The van der Waals surface area contributed by atoms with Gasteiger partial charge < -0.3 is 21.5 Å². The molecule has 0 bridgehead atoms. The summed E-state index contributed by atoms with van der Waals surface area (Å²) in [6.07, 6.45) is 4.87. The number of nitrogens with one attached hydrogen (secondary N) is 2. The summed E-state index contributed by atoms with van der Waals surface area (Å²) in [5.74, 6) is 1.42. The van der Waals surface area contributed by atoms with Gasteiger partial charge in [0.1, 0.15) is 18.0 Å². The number of halogens is 2. The molecule has 0 amide bonds. The van der Waals surface area contributed by atoms with Crippen molar-refractivity contribution in [3.8, 4) is 0 Å². The van der Waals surface area contributed by atoms with E-state index in [0.717, 1.165) is 41.7 Å². The van der Waals surface area contributed by atoms with Gasteiger partial charge in [-0.3, -0.25) is 0 Å². The molecule has 1 aliphatic rings. The number of anilines is 4. The minimum atomic E-state index is -0.167. The number of hydrogen-bond acceptors (Lipinski definition) is 6. The lowest BCUT2D eigenvalue weighted by Gasteiger charge is -2.26. The third kappa shape index (κ3) is 4.28. The molecule has 0 unspecified atom stereocenters. The van der Waals surface area contributed by atoms with Crippen LogP contribution in [0.25, 0.3) is 0 Å². The predicted molar refractivity (Wildman–Crippen MR) is 101 cm³/mol. The molecule has 0 spiro atoms. The highest BCUT2D eigenvalue weighted by Gasteiger charge is 2.19. The first-order chi connectivity index (χ1) is 11.5. The van der Waals surface area contributed by atoms with E-state index >= 15 is 0 Å². The molecule has 5 N–H and O–H groups in total. The molecule has 128 valence electrons. The Labute approximate surface area is 154 Å². The molecule has 1 aromatic carbocycles. The number of benzene rings is 1. The van der Waals surface area contributed by atoms with E-state index in [1.54, 1.807) is 6.07 Å². The second-order valence-corrected chi connectivity index (χ2v) is 7.18. The summed E-state index contributed by atoms with van der Waals surface area (Å²) in [6.45, 7) is 0. The molecule has 0 saturated heterocycles. The van der Waals surface area contributed by atoms with E-state index in [1.807, 2.05) is 12.1 Å². The van der Waals surface area contributed by atoms with E-state index in [2.05, 4.69) is 36.5 Å². The molecule has 1 aliphatic carbocycles. The van der Waals surface area contributed by atoms with E-state index in [0.29, 0.717) is 22.6 Å². The van der Waals surface area contributed by atoms with E-state index in [1.165, 1.54) is 6.33 Å². The van der Waals surface area contributed by atoms with Crippen LogP contribution in [0, 0.1) is 0 Å². The van der Waals surface area contributed by atoms with Crippen molar-refractivity contribution in [3.63, 3.8) is 0 Å². The number of nitrogen functional groups attached to an aromatic ring is 1. The van der Waals surface area contributed by atoms with Gasteiger partial charge in [0.2, 0.25) is 0 Å². The van der Waals surface area contributed by atoms with Gasteiger partial charge >= 0.3 is 0 Å². The number of hydrogen-bond donors (Lipinski definition) is 4. The zero-order valence-corrected chi connectivity index (χ0v) is 15.3. The number of nitrogens with two attached hydrogens (primary N) is 1. The maximum Gasteiger partial charge on any atom is 0.135 e. The summed E-state index contributed by atoms with van der Waals surface area (Å²) in [5.41, 5.74) is 7.11. The lowest BCUT2D eigenvalue weighted by atomic mass is 9.93. The topological polar surface area (TPSA) is 96.1 Å². The Bertz CT molecular complexity index is 698. The average Bonchev–Trinajstić information content (AvgIpc) is 2.55. The van der Waals surface area contributed by atoms with Crippen molar-refractivity contribution in [3.05, 3.63) is 34.0 Å². The number of aromatic nitrogens is 2. The van der Waals surface area contributed by atoms with Crippen LogP contribution in [0.3, 0.4) is 0 Å². The highest BCUT2D eigenvalue weighted by atomic mass is 79.9. The summed E-state index contributed by atoms with van der Waals surface area (Å²) in [5, 5.41) is 16.6. The van der Waals surface area contributed by atoms with Gasteiger partial charge in [0.15, 0.2) is 0 Å². The quantitative estimate of drug-likeness (QED) is 0.568. The summed E-state index contributed by atoms with van der Waals surface area (Å²) in [4.78, 5) is 8.49. The fourth-order valence-electron chi connectivity index (χ4n) is 2.74. The summed E-state index contributed by atoms with van der Waals surface area (Å²) in [7, 11) is 0. The molecule has 2 aromatic rings. The summed E-state index contributed by atoms with van der Waals surface area (Å²) < 4.78 is 0.727. The van der Waals surface area contributed by atoms with E-state index < -0.39 is 0 Å². The molecular formula is C16H19BrClN5O. The number of nitrogens with zero attached hydrogens (tertiary/aromatic N) is 2. The van der Waals surface area contributed by atoms with Crippen LogP contribution in [-0.4, -0.2) is 27.2 Å². The van der Waals surface area contributed by atoms with Gasteiger partial charge in [0.05, 0.1) is 16.8 Å². The van der Waals surface area contributed by atoms with Crippen molar-refractivity contribution in [2.75, 3.05) is 16.4 Å². The Kier molecular flexibility index (Phi) is 5.43. The van der Waals surface area contributed by atoms with Crippen LogP contribution in [0.2, 0.25) is 5.02 Å². The summed E-state index contributed by atoms with van der Waals surface area (Å²) in [6, 6.07) is 5.78. The van der Waals surface area contributed by atoms with E-state index in [9.17, 15) is 5.11 Å². The van der Waals surface area contributed by atoms with Gasteiger partial charge in [-0.05, 0) is 53.7 Å². The van der Waals surface area contributed by atoms with Gasteiger partial charge in [0.25, 0.3) is 0 Å². The fraction of sp³-hybridized carbons (Fsp3) is 0.375. The van der Waals surface area contributed by atoms with Gasteiger partial charge in [-0.15, -0.1) is 0 Å². The van der Waals surface area contributed by atoms with Gasteiger partial charge in [-0.2, -0.15) is 0 Å². The Morgan fingerprint density at radius 3 is 2.54 bits per heavy atom. The Hall–Kier alpha value is -1.57. The zero-order chi connectivity index (χ0) is 17.1. The largest absolute Gasteiger partial charge is 0.397 e. The van der Waals surface area contributed by atoms with Crippen LogP contribution < -0.4 is 16.4 Å². The molecule has 0 radical (unpaired) electrons. The lowest BCUT2D eigenvalue weighted by Crippen LogP contribution is -2.28. The van der Waals surface area contributed by atoms with E-state index in [4.69, 9.17) is 17.3 Å². The number of aliphatic hydroxyl groups is 1. The SMILES string of the molecule is Nc1c(Cl)cc(Nc2cc(NC3CCC(O)CC3)ncn2)cc1Br. The molecular weight excluding hydrogens is 394 g/mol. The molecule has 8 heteroatoms. The molecule has 1 fully saturated rings. The van der Waals surface area contributed by atoms with Crippen molar-refractivity contribution in [1.82, 2.24) is 9.97 Å². The van der Waals surface area contributed by atoms with Crippen LogP contribution >= 0.6 is 27.5 Å². The second kappa shape index (κ2) is 7.55. The fourth-order valence-corrected chi connectivity index (χ4v) is 3.53. The second-order valence-electron chi connectivity index (χ2n) is 5.92. The zero-order valence-electron chi connectivity index (χ0n) is 13.0. The normalized spacial score (nSPS) is 20.6. The van der Waals surface area contributed by atoms with Crippen LogP contribution in [-0.2, 0) is 0 Å². The number of aliphatic hydroxyl groups excluding tert-OH is 1. The minimum absolute atomic E-state index is 0.167. The predicted octanol–water partition coefficient (Wildman–Crippen LogP) is 3.93. The minimum Gasteiger partial charge on any atom is -0.397 e. The molecule has 1 saturated carbocycles. The van der Waals surface area contributed by atoms with Crippen LogP contribution in [0.4, 0.5) is 23.0 Å². The Morgan fingerprint density at radius 2 is 1.83 bits per heavy atom. The van der Waals surface area contributed by atoms with E-state index in [-0.39, 0.29) is 6.10 Å². The third-order valence-electron chi connectivity index (χ3n) is 4.07. The smallest absolute Gasteiger partial charge is 0.135 e. The highest BCUT2D eigenvalue weighted by Crippen LogP contribution is 2.32. The first-order valence-electron chi connectivity index (χ1n) is 7.79. The number of rotatable bonds is 4. The van der Waals surface area contributed by atoms with Crippen LogP contribution in [0.15, 0.2) is 29.0 Å². The molecule has 1 aromatic heterocycles. The molecule has 24 heavy (non-hydrogen) atoms. The molecule has 0 atom stereocenters. The maximum atomic E-state index is 9.58. The van der Waals surface area contributed by atoms with Crippen molar-refractivity contribution in [2.24, 2.45) is 0 Å². The van der Waals surface area contributed by atoms with Gasteiger partial charge in [-0.1, -0.05) is 11.6 Å². The lowest BCUT2D eigenvalue weighted by molar-refractivity contribution is 0.126. The third-order valence-corrected chi connectivity index (χ3v) is 5.04. The summed E-state index contributed by atoms with van der Waals surface area (Å²) >= 11 is 9.48. The van der Waals surface area contributed by atoms with Gasteiger partial charge in [-0.25, -0.2) is 9.97 Å². The molecule has 0 aliphatic heterocycles. The highest BCUT2D eigenvalue weighted by molar-refractivity contribution is 9.10. The Balaban J connectivity index is 1.69. The monoisotopic (exact) mass is 411 g/mol. The van der Waals surface area contributed by atoms with Crippen LogP contribution in [0.5, 0.6) is 0 Å². The Morgan fingerprint density at radius 1 is 1.12 bits per heavy atom. The standard InChI is InChI=1S/C16H19BrClN5O/c17-12-5-10(6-13(18)16(12)19)23-15-7-14(20-8-21-15)22-9-1-3-11(24)4-2-9/h5-9,11,24H,1-4,19H2,(H2,20,21,22,23). The van der Waals surface area contributed by atoms with Crippen molar-refractivity contribution in [2.45, 2.75) is 37.8 Å². The first kappa shape index (κ1) is 17.3. The molecule has 1 heterocycles. The van der Waals surface area contributed by atoms with Crippen molar-refractivity contribution in [1.29, 1.82) is 0 Å². The maximum absolute atomic E-state index is 9.58. The average molecular weight is 413 g/mol. The van der Waals surface area contributed by atoms with Crippen LogP contribution in [0.1, 0.15) is 25.7 Å². The van der Waals surface area contributed by atoms with Crippen molar-refractivity contribution < 1.29 is 5.11 Å². The molecule has 3 rings (SSSR count). The molecule has 6 nitrogen and oxygen atoms in total. The van der Waals surface area contributed by atoms with Gasteiger partial charge in [0, 0.05) is 22.3 Å². The first-order valence-corrected chi connectivity index (χ1v) is 8.96.